The molecule has 0 radical (unpaired) electrons. The lowest BCUT2D eigenvalue weighted by molar-refractivity contribution is 0.102. The zero-order chi connectivity index (χ0) is 21.8. The molecule has 6 heteroatoms. The van der Waals surface area contributed by atoms with Gasteiger partial charge in [0.05, 0.1) is 12.7 Å². The van der Waals surface area contributed by atoms with Crippen LogP contribution in [0.2, 0.25) is 0 Å². The van der Waals surface area contributed by atoms with Crippen LogP contribution in [0, 0.1) is 0 Å². The summed E-state index contributed by atoms with van der Waals surface area (Å²) in [6.07, 6.45) is 1.71. The van der Waals surface area contributed by atoms with E-state index >= 15 is 0 Å². The van der Waals surface area contributed by atoms with Gasteiger partial charge in [-0.1, -0.05) is 32.0 Å². The van der Waals surface area contributed by atoms with E-state index in [0.29, 0.717) is 18.0 Å². The standard InChI is InChI=1S/C25H28N4O2/c1-25(2)16-26-15-18-13-19(8-9-21(18)25)29-24(30)20-6-4-5-7-22(20)28-14-17-10-11-27-23(12-17)31-3/h4-13,26,28H,14-16H2,1-3H3,(H,29,30). The first-order valence-corrected chi connectivity index (χ1v) is 10.4. The normalized spacial score (nSPS) is 14.4. The van der Waals surface area contributed by atoms with Crippen LogP contribution in [0.15, 0.2) is 60.8 Å². The van der Waals surface area contributed by atoms with Crippen molar-refractivity contribution in [3.8, 4) is 5.88 Å². The zero-order valence-corrected chi connectivity index (χ0v) is 18.2. The van der Waals surface area contributed by atoms with E-state index in [4.69, 9.17) is 4.74 Å². The molecule has 3 N–H and O–H groups in total. The molecule has 1 aliphatic rings. The van der Waals surface area contributed by atoms with Crippen molar-refractivity contribution in [2.75, 3.05) is 24.3 Å². The summed E-state index contributed by atoms with van der Waals surface area (Å²) in [7, 11) is 1.59. The molecule has 160 valence electrons. The Morgan fingerprint density at radius 2 is 2.00 bits per heavy atom. The molecule has 4 rings (SSSR count). The van der Waals surface area contributed by atoms with E-state index < -0.39 is 0 Å². The molecule has 0 unspecified atom stereocenters. The van der Waals surface area contributed by atoms with E-state index in [0.717, 1.165) is 30.0 Å². The summed E-state index contributed by atoms with van der Waals surface area (Å²) >= 11 is 0. The SMILES string of the molecule is COc1cc(CNc2ccccc2C(=O)Nc2ccc3c(c2)CNCC3(C)C)ccn1. The Labute approximate surface area is 183 Å². The van der Waals surface area contributed by atoms with E-state index in [9.17, 15) is 4.79 Å². The van der Waals surface area contributed by atoms with Crippen LogP contribution in [0.4, 0.5) is 11.4 Å². The third kappa shape index (κ3) is 4.70. The number of ether oxygens (including phenoxy) is 1. The monoisotopic (exact) mass is 416 g/mol. The van der Waals surface area contributed by atoms with Gasteiger partial charge >= 0.3 is 0 Å². The molecule has 2 heterocycles. The number of nitrogens with one attached hydrogen (secondary N) is 3. The number of methoxy groups -OCH3 is 1. The van der Waals surface area contributed by atoms with Crippen molar-refractivity contribution in [3.63, 3.8) is 0 Å². The van der Waals surface area contributed by atoms with Crippen LogP contribution in [-0.2, 0) is 18.5 Å². The number of amides is 1. The number of rotatable bonds is 6. The van der Waals surface area contributed by atoms with Gasteiger partial charge in [-0.25, -0.2) is 4.98 Å². The van der Waals surface area contributed by atoms with E-state index in [-0.39, 0.29) is 11.3 Å². The maximum atomic E-state index is 13.0. The first kappa shape index (κ1) is 20.9. The van der Waals surface area contributed by atoms with Crippen molar-refractivity contribution in [1.82, 2.24) is 10.3 Å². The van der Waals surface area contributed by atoms with Gasteiger partial charge in [0.1, 0.15) is 0 Å². The second-order valence-electron chi connectivity index (χ2n) is 8.42. The number of para-hydroxylation sites is 1. The van der Waals surface area contributed by atoms with Gasteiger partial charge in [-0.3, -0.25) is 4.79 Å². The molecule has 0 saturated carbocycles. The first-order chi connectivity index (χ1) is 15.0. The summed E-state index contributed by atoms with van der Waals surface area (Å²) in [6.45, 7) is 6.79. The molecule has 0 atom stereocenters. The molecule has 0 spiro atoms. The Morgan fingerprint density at radius 3 is 2.84 bits per heavy atom. The summed E-state index contributed by atoms with van der Waals surface area (Å²) < 4.78 is 5.18. The fourth-order valence-corrected chi connectivity index (χ4v) is 3.99. The number of carbonyl (C=O) groups is 1. The Hall–Kier alpha value is -3.38. The van der Waals surface area contributed by atoms with Crippen LogP contribution in [0.3, 0.4) is 0 Å². The molecule has 1 amide bonds. The minimum absolute atomic E-state index is 0.0856. The van der Waals surface area contributed by atoms with Crippen molar-refractivity contribution in [3.05, 3.63) is 83.0 Å². The second kappa shape index (κ2) is 8.78. The van der Waals surface area contributed by atoms with Gasteiger partial charge in [0.25, 0.3) is 5.91 Å². The quantitative estimate of drug-likeness (QED) is 0.558. The third-order valence-corrected chi connectivity index (χ3v) is 5.64. The molecule has 0 bridgehead atoms. The first-order valence-electron chi connectivity index (χ1n) is 10.4. The van der Waals surface area contributed by atoms with Gasteiger partial charge in [-0.15, -0.1) is 0 Å². The lowest BCUT2D eigenvalue weighted by Gasteiger charge is -2.33. The molecule has 0 fully saturated rings. The fourth-order valence-electron chi connectivity index (χ4n) is 3.99. The highest BCUT2D eigenvalue weighted by Gasteiger charge is 2.27. The summed E-state index contributed by atoms with van der Waals surface area (Å²) in [6, 6.07) is 17.5. The van der Waals surface area contributed by atoms with Crippen molar-refractivity contribution in [1.29, 1.82) is 0 Å². The van der Waals surface area contributed by atoms with Crippen LogP contribution in [0.5, 0.6) is 5.88 Å². The van der Waals surface area contributed by atoms with Gasteiger partial charge in [0.2, 0.25) is 5.88 Å². The summed E-state index contributed by atoms with van der Waals surface area (Å²) in [5.74, 6) is 0.425. The Balaban J connectivity index is 1.49. The summed E-state index contributed by atoms with van der Waals surface area (Å²) in [5.41, 5.74) is 5.84. The Kier molecular flexibility index (Phi) is 5.91. The molecule has 31 heavy (non-hydrogen) atoms. The van der Waals surface area contributed by atoms with Gasteiger partial charge in [-0.05, 0) is 47.0 Å². The number of carbonyl (C=O) groups excluding carboxylic acids is 1. The van der Waals surface area contributed by atoms with E-state index in [2.05, 4.69) is 46.9 Å². The van der Waals surface area contributed by atoms with E-state index in [1.807, 2.05) is 42.5 Å². The molecular formula is C25H28N4O2. The third-order valence-electron chi connectivity index (χ3n) is 5.64. The van der Waals surface area contributed by atoms with Crippen molar-refractivity contribution < 1.29 is 9.53 Å². The Bertz CT molecular complexity index is 1090. The molecule has 0 saturated heterocycles. The lowest BCUT2D eigenvalue weighted by atomic mass is 9.79. The molecule has 3 aromatic rings. The number of anilines is 2. The minimum Gasteiger partial charge on any atom is -0.481 e. The van der Waals surface area contributed by atoms with Crippen LogP contribution >= 0.6 is 0 Å². The number of fused-ring (bicyclic) bond motifs is 1. The average molecular weight is 417 g/mol. The molecule has 2 aromatic carbocycles. The number of nitrogens with zero attached hydrogens (tertiary/aromatic N) is 1. The predicted octanol–water partition coefficient (Wildman–Crippen LogP) is 4.34. The van der Waals surface area contributed by atoms with Gasteiger partial charge in [-0.2, -0.15) is 0 Å². The van der Waals surface area contributed by atoms with Crippen LogP contribution in [0.1, 0.15) is 40.9 Å². The number of hydrogen-bond donors (Lipinski definition) is 3. The minimum atomic E-state index is -0.140. The predicted molar refractivity (Wildman–Crippen MR) is 124 cm³/mol. The Morgan fingerprint density at radius 1 is 1.16 bits per heavy atom. The van der Waals surface area contributed by atoms with Crippen molar-refractivity contribution >= 4 is 17.3 Å². The number of pyridine rings is 1. The number of aromatic nitrogens is 1. The number of hydrogen-bond acceptors (Lipinski definition) is 5. The smallest absolute Gasteiger partial charge is 0.257 e. The highest BCUT2D eigenvalue weighted by atomic mass is 16.5. The van der Waals surface area contributed by atoms with E-state index in [1.54, 1.807) is 13.3 Å². The van der Waals surface area contributed by atoms with Crippen LogP contribution < -0.4 is 20.7 Å². The molecule has 6 nitrogen and oxygen atoms in total. The summed E-state index contributed by atoms with van der Waals surface area (Å²) in [5, 5.41) is 9.87. The topological polar surface area (TPSA) is 75.3 Å². The van der Waals surface area contributed by atoms with Crippen molar-refractivity contribution in [2.45, 2.75) is 32.4 Å². The van der Waals surface area contributed by atoms with Gasteiger partial charge < -0.3 is 20.7 Å². The largest absolute Gasteiger partial charge is 0.481 e. The second-order valence-corrected chi connectivity index (χ2v) is 8.42. The maximum Gasteiger partial charge on any atom is 0.257 e. The highest BCUT2D eigenvalue weighted by molar-refractivity contribution is 6.08. The molecule has 1 aromatic heterocycles. The molecule has 1 aliphatic heterocycles. The van der Waals surface area contributed by atoms with Gasteiger partial charge in [0, 0.05) is 48.7 Å². The van der Waals surface area contributed by atoms with Crippen molar-refractivity contribution in [2.24, 2.45) is 0 Å². The fraction of sp³-hybridized carbons (Fsp3) is 0.280. The zero-order valence-electron chi connectivity index (χ0n) is 18.2. The maximum absolute atomic E-state index is 13.0. The van der Waals surface area contributed by atoms with Crippen LogP contribution in [0.25, 0.3) is 0 Å². The lowest BCUT2D eigenvalue weighted by Crippen LogP contribution is -2.38. The van der Waals surface area contributed by atoms with Crippen LogP contribution in [-0.4, -0.2) is 24.5 Å². The van der Waals surface area contributed by atoms with E-state index in [1.165, 1.54) is 11.1 Å². The summed E-state index contributed by atoms with van der Waals surface area (Å²) in [4.78, 5) is 17.2. The molecule has 0 aliphatic carbocycles. The average Bonchev–Trinajstić information content (AvgIpc) is 2.77. The van der Waals surface area contributed by atoms with Gasteiger partial charge in [0.15, 0.2) is 0 Å². The number of benzene rings is 2. The highest BCUT2D eigenvalue weighted by Crippen LogP contribution is 2.31. The molecular weight excluding hydrogens is 388 g/mol.